The van der Waals surface area contributed by atoms with E-state index in [1.807, 2.05) is 55.3 Å². The lowest BCUT2D eigenvalue weighted by Gasteiger charge is -2.13. The number of rotatable bonds is 5. The zero-order valence-electron chi connectivity index (χ0n) is 14.4. The van der Waals surface area contributed by atoms with Gasteiger partial charge in [0.15, 0.2) is 0 Å². The fraction of sp³-hybridized carbons (Fsp3) is 0.222. The molecule has 0 aliphatic rings. The fourth-order valence-electron chi connectivity index (χ4n) is 2.73. The van der Waals surface area contributed by atoms with Crippen LogP contribution < -0.4 is 5.56 Å². The lowest BCUT2D eigenvalue weighted by atomic mass is 10.2. The Bertz CT molecular complexity index is 1100. The van der Waals surface area contributed by atoms with E-state index in [2.05, 4.69) is 20.2 Å². The van der Waals surface area contributed by atoms with E-state index in [4.69, 9.17) is 4.42 Å². The number of nitrogens with zero attached hydrogens (tertiary/aromatic N) is 4. The molecule has 0 spiro atoms. The first kappa shape index (κ1) is 16.6. The van der Waals surface area contributed by atoms with Crippen LogP contribution in [0.15, 0.2) is 45.6 Å². The molecular formula is C18H17N5O2S. The average molecular weight is 367 g/mol. The second kappa shape index (κ2) is 6.81. The summed E-state index contributed by atoms with van der Waals surface area (Å²) in [5, 5.41) is 8.83. The number of hydrogen-bond donors (Lipinski definition) is 1. The van der Waals surface area contributed by atoms with Crippen LogP contribution in [0.5, 0.6) is 0 Å². The van der Waals surface area contributed by atoms with Crippen molar-refractivity contribution < 1.29 is 4.42 Å². The van der Waals surface area contributed by atoms with Crippen molar-refractivity contribution in [2.75, 3.05) is 7.05 Å². The molecule has 0 aliphatic carbocycles. The molecule has 1 N–H and O–H groups in total. The topological polar surface area (TPSA) is 87.9 Å². The molecule has 0 amide bonds. The van der Waals surface area contributed by atoms with Gasteiger partial charge in [-0.1, -0.05) is 18.2 Å². The Balaban J connectivity index is 1.48. The van der Waals surface area contributed by atoms with E-state index >= 15 is 0 Å². The van der Waals surface area contributed by atoms with Crippen LogP contribution in [0.25, 0.3) is 21.7 Å². The third-order valence-electron chi connectivity index (χ3n) is 3.89. The molecule has 3 aromatic heterocycles. The largest absolute Gasteiger partial charge is 0.419 e. The molecule has 3 heterocycles. The molecule has 132 valence electrons. The predicted molar refractivity (Wildman–Crippen MR) is 99.9 cm³/mol. The normalized spacial score (nSPS) is 11.5. The summed E-state index contributed by atoms with van der Waals surface area (Å²) >= 11 is 1.52. The highest BCUT2D eigenvalue weighted by Gasteiger charge is 2.13. The maximum absolute atomic E-state index is 12.2. The van der Waals surface area contributed by atoms with E-state index < -0.39 is 0 Å². The van der Waals surface area contributed by atoms with Crippen LogP contribution in [-0.4, -0.2) is 32.1 Å². The van der Waals surface area contributed by atoms with Crippen molar-refractivity contribution in [2.45, 2.75) is 20.0 Å². The van der Waals surface area contributed by atoms with Crippen LogP contribution in [0, 0.1) is 6.92 Å². The quantitative estimate of drug-likeness (QED) is 0.583. The van der Waals surface area contributed by atoms with Gasteiger partial charge in [-0.15, -0.1) is 21.5 Å². The molecule has 4 rings (SSSR count). The van der Waals surface area contributed by atoms with Gasteiger partial charge in [0.05, 0.1) is 18.5 Å². The van der Waals surface area contributed by atoms with Crippen molar-refractivity contribution in [3.63, 3.8) is 0 Å². The zero-order valence-corrected chi connectivity index (χ0v) is 15.2. The molecular weight excluding hydrogens is 350 g/mol. The second-order valence-electron chi connectivity index (χ2n) is 6.13. The van der Waals surface area contributed by atoms with Gasteiger partial charge >= 0.3 is 0 Å². The number of H-pyrrole nitrogens is 1. The Labute approximate surface area is 153 Å². The smallest absolute Gasteiger partial charge is 0.259 e. The minimum Gasteiger partial charge on any atom is -0.419 e. The van der Waals surface area contributed by atoms with Gasteiger partial charge in [0.2, 0.25) is 11.8 Å². The summed E-state index contributed by atoms with van der Waals surface area (Å²) in [6.07, 6.45) is 0. The number of benzene rings is 1. The zero-order chi connectivity index (χ0) is 18.1. The van der Waals surface area contributed by atoms with Gasteiger partial charge in [0, 0.05) is 10.4 Å². The van der Waals surface area contributed by atoms with E-state index in [-0.39, 0.29) is 5.56 Å². The fourth-order valence-corrected chi connectivity index (χ4v) is 3.63. The minimum absolute atomic E-state index is 0.105. The van der Waals surface area contributed by atoms with E-state index in [0.29, 0.717) is 36.1 Å². The summed E-state index contributed by atoms with van der Waals surface area (Å²) in [4.78, 5) is 23.4. The Morgan fingerprint density at radius 2 is 2.00 bits per heavy atom. The van der Waals surface area contributed by atoms with Crippen molar-refractivity contribution in [1.29, 1.82) is 0 Å². The highest BCUT2D eigenvalue weighted by atomic mass is 32.1. The second-order valence-corrected chi connectivity index (χ2v) is 7.36. The molecule has 0 unspecified atom stereocenters. The highest BCUT2D eigenvalue weighted by molar-refractivity contribution is 7.18. The molecule has 7 nitrogen and oxygen atoms in total. The first-order chi connectivity index (χ1) is 12.6. The molecule has 8 heteroatoms. The van der Waals surface area contributed by atoms with Crippen LogP contribution in [0.1, 0.15) is 16.6 Å². The van der Waals surface area contributed by atoms with Gasteiger partial charge in [0.1, 0.15) is 10.7 Å². The molecule has 0 saturated heterocycles. The molecule has 0 aliphatic heterocycles. The molecule has 0 fully saturated rings. The van der Waals surface area contributed by atoms with E-state index in [0.717, 1.165) is 15.3 Å². The van der Waals surface area contributed by atoms with Gasteiger partial charge < -0.3 is 9.40 Å². The van der Waals surface area contributed by atoms with Crippen molar-refractivity contribution in [3.8, 4) is 11.5 Å². The van der Waals surface area contributed by atoms with Gasteiger partial charge in [0.25, 0.3) is 5.56 Å². The highest BCUT2D eigenvalue weighted by Crippen LogP contribution is 2.20. The lowest BCUT2D eigenvalue weighted by molar-refractivity contribution is 0.276. The number of aromatic amines is 1. The first-order valence-corrected chi connectivity index (χ1v) is 8.96. The first-order valence-electron chi connectivity index (χ1n) is 8.14. The predicted octanol–water partition coefficient (Wildman–Crippen LogP) is 2.98. The summed E-state index contributed by atoms with van der Waals surface area (Å²) in [6.45, 7) is 2.91. The standard InChI is InChI=1S/C18H17N5O2S/c1-11-8-13-16(24)19-14(20-18(13)26-11)9-23(2)10-15-21-22-17(25-15)12-6-4-3-5-7-12/h3-8H,9-10H2,1-2H3,(H,19,20,24). The maximum atomic E-state index is 12.2. The Morgan fingerprint density at radius 1 is 1.19 bits per heavy atom. The molecule has 0 saturated carbocycles. The summed E-state index contributed by atoms with van der Waals surface area (Å²) in [7, 11) is 1.91. The number of fused-ring (bicyclic) bond motifs is 1. The summed E-state index contributed by atoms with van der Waals surface area (Å²) < 4.78 is 5.72. The molecule has 4 aromatic rings. The SMILES string of the molecule is Cc1cc2c(=O)[nH]c(CN(C)Cc3nnc(-c4ccccc4)o3)nc2s1. The number of aryl methyl sites for hydroxylation is 1. The van der Waals surface area contributed by atoms with Gasteiger partial charge in [-0.25, -0.2) is 4.98 Å². The average Bonchev–Trinajstić information content (AvgIpc) is 3.22. The number of aromatic nitrogens is 4. The van der Waals surface area contributed by atoms with Crippen LogP contribution in [0.4, 0.5) is 0 Å². The van der Waals surface area contributed by atoms with Crippen molar-refractivity contribution in [3.05, 3.63) is 63.3 Å². The van der Waals surface area contributed by atoms with Crippen LogP contribution in [-0.2, 0) is 13.1 Å². The van der Waals surface area contributed by atoms with Crippen molar-refractivity contribution in [1.82, 2.24) is 25.1 Å². The maximum Gasteiger partial charge on any atom is 0.259 e. The number of hydrogen-bond acceptors (Lipinski definition) is 7. The molecule has 0 bridgehead atoms. The Morgan fingerprint density at radius 3 is 2.81 bits per heavy atom. The monoisotopic (exact) mass is 367 g/mol. The third kappa shape index (κ3) is 3.42. The summed E-state index contributed by atoms with van der Waals surface area (Å²) in [5.74, 6) is 1.63. The van der Waals surface area contributed by atoms with E-state index in [9.17, 15) is 4.79 Å². The molecule has 0 atom stereocenters. The summed E-state index contributed by atoms with van der Waals surface area (Å²) in [5.41, 5.74) is 0.783. The van der Waals surface area contributed by atoms with Crippen LogP contribution in [0.2, 0.25) is 0 Å². The summed E-state index contributed by atoms with van der Waals surface area (Å²) in [6, 6.07) is 11.5. The van der Waals surface area contributed by atoms with Gasteiger partial charge in [-0.2, -0.15) is 0 Å². The van der Waals surface area contributed by atoms with E-state index in [1.54, 1.807) is 0 Å². The number of nitrogens with one attached hydrogen (secondary N) is 1. The van der Waals surface area contributed by atoms with Crippen molar-refractivity contribution >= 4 is 21.6 Å². The Hall–Kier alpha value is -2.84. The lowest BCUT2D eigenvalue weighted by Crippen LogP contribution is -2.21. The molecule has 26 heavy (non-hydrogen) atoms. The minimum atomic E-state index is -0.105. The molecule has 1 aromatic carbocycles. The van der Waals surface area contributed by atoms with Crippen LogP contribution in [0.3, 0.4) is 0 Å². The van der Waals surface area contributed by atoms with Crippen molar-refractivity contribution in [2.24, 2.45) is 0 Å². The van der Waals surface area contributed by atoms with Gasteiger partial charge in [-0.05, 0) is 32.2 Å². The van der Waals surface area contributed by atoms with Crippen LogP contribution >= 0.6 is 11.3 Å². The third-order valence-corrected chi connectivity index (χ3v) is 4.83. The molecule has 0 radical (unpaired) electrons. The van der Waals surface area contributed by atoms with Gasteiger partial charge in [-0.3, -0.25) is 9.69 Å². The van der Waals surface area contributed by atoms with E-state index in [1.165, 1.54) is 11.3 Å². The Kier molecular flexibility index (Phi) is 4.36. The number of thiophene rings is 1.